The normalized spacial score (nSPS) is 13.3. The average Bonchev–Trinajstić information content (AvgIpc) is 2.59. The molecular weight excluding hydrogens is 1190 g/mol. The number of likely N-dealkylation sites (N-methyl/N-ethyl adjacent to an activating group) is 1. The predicted octanol–water partition coefficient (Wildman–Crippen LogP) is 24.5. The van der Waals surface area contributed by atoms with E-state index in [2.05, 4.69) is 135 Å². The highest BCUT2D eigenvalue weighted by molar-refractivity contribution is 5.70. The first-order chi connectivity index (χ1) is 47.1. The summed E-state index contributed by atoms with van der Waals surface area (Å²) in [5.41, 5.74) is 0. The molecule has 0 N–H and O–H groups in total. The molecule has 2 atom stereocenters. The Morgan fingerprint density at radius 1 is 0.323 bits per heavy atom. The second-order valence-electron chi connectivity index (χ2n) is 28.0. The van der Waals surface area contributed by atoms with E-state index in [1.165, 1.54) is 212 Å². The van der Waals surface area contributed by atoms with Gasteiger partial charge in [-0.1, -0.05) is 373 Å². The minimum atomic E-state index is -1.63. The van der Waals surface area contributed by atoms with E-state index in [0.717, 1.165) is 109 Å². The van der Waals surface area contributed by atoms with Gasteiger partial charge >= 0.3 is 11.9 Å². The van der Waals surface area contributed by atoms with Crippen molar-refractivity contribution in [2.45, 2.75) is 367 Å². The Hall–Kier alpha value is -4.31. The first kappa shape index (κ1) is 91.7. The lowest BCUT2D eigenvalue weighted by Gasteiger charge is -2.26. The van der Waals surface area contributed by atoms with Crippen molar-refractivity contribution in [2.24, 2.45) is 0 Å². The van der Waals surface area contributed by atoms with Crippen LogP contribution in [0.3, 0.4) is 0 Å². The second kappa shape index (κ2) is 76.4. The number of hydrogen-bond donors (Lipinski definition) is 0. The summed E-state index contributed by atoms with van der Waals surface area (Å²) in [5, 5.41) is 11.9. The highest BCUT2D eigenvalue weighted by atomic mass is 16.7. The molecule has 0 fully saturated rings. The van der Waals surface area contributed by atoms with Gasteiger partial charge < -0.3 is 33.3 Å². The van der Waals surface area contributed by atoms with Crippen molar-refractivity contribution in [3.8, 4) is 0 Å². The first-order valence-electron chi connectivity index (χ1n) is 40.2. The summed E-state index contributed by atoms with van der Waals surface area (Å²) in [7, 11) is 5.94. The van der Waals surface area contributed by atoms with Crippen LogP contribution in [0.15, 0.2) is 122 Å². The third kappa shape index (κ3) is 77.0. The van der Waals surface area contributed by atoms with Gasteiger partial charge in [0.25, 0.3) is 0 Å². The summed E-state index contributed by atoms with van der Waals surface area (Å²) < 4.78 is 22.9. The number of carbonyl (C=O) groups excluding carboxylic acids is 3. The van der Waals surface area contributed by atoms with Gasteiger partial charge in [0.15, 0.2) is 12.4 Å². The molecule has 552 valence electrons. The van der Waals surface area contributed by atoms with Gasteiger partial charge in [-0.2, -0.15) is 0 Å². The Kier molecular flexibility index (Phi) is 73.0. The average molecular weight is 1340 g/mol. The van der Waals surface area contributed by atoms with Crippen molar-refractivity contribution < 1.29 is 42.9 Å². The van der Waals surface area contributed by atoms with Crippen LogP contribution in [0.4, 0.5) is 0 Å². The van der Waals surface area contributed by atoms with Crippen LogP contribution >= 0.6 is 0 Å². The van der Waals surface area contributed by atoms with Crippen LogP contribution in [-0.2, 0) is 33.3 Å². The zero-order chi connectivity index (χ0) is 69.7. The van der Waals surface area contributed by atoms with E-state index in [1.807, 2.05) is 21.1 Å². The van der Waals surface area contributed by atoms with E-state index in [4.69, 9.17) is 18.9 Å². The number of hydrogen-bond acceptors (Lipinski definition) is 8. The maximum absolute atomic E-state index is 13.0. The molecule has 0 aromatic carbocycles. The lowest BCUT2D eigenvalue weighted by Crippen LogP contribution is -2.44. The fraction of sp³-hybridized carbons (Fsp3) is 0.736. The van der Waals surface area contributed by atoms with Gasteiger partial charge in [0, 0.05) is 12.8 Å². The minimum Gasteiger partial charge on any atom is -0.545 e. The lowest BCUT2D eigenvalue weighted by molar-refractivity contribution is -0.870. The maximum Gasteiger partial charge on any atom is 0.306 e. The molecule has 0 rings (SSSR count). The van der Waals surface area contributed by atoms with Crippen LogP contribution in [0.2, 0.25) is 0 Å². The lowest BCUT2D eigenvalue weighted by atomic mass is 10.0. The van der Waals surface area contributed by atoms with E-state index in [1.54, 1.807) is 0 Å². The van der Waals surface area contributed by atoms with Crippen molar-refractivity contribution in [1.29, 1.82) is 0 Å². The largest absolute Gasteiger partial charge is 0.545 e. The van der Waals surface area contributed by atoms with Crippen LogP contribution < -0.4 is 5.11 Å². The second-order valence-corrected chi connectivity index (χ2v) is 28.0. The van der Waals surface area contributed by atoms with Crippen molar-refractivity contribution in [1.82, 2.24) is 0 Å². The number of quaternary nitrogens is 1. The van der Waals surface area contributed by atoms with Crippen molar-refractivity contribution in [3.63, 3.8) is 0 Å². The number of rotatable bonds is 74. The number of carboxylic acid groups (broad SMARTS) is 1. The summed E-state index contributed by atoms with van der Waals surface area (Å²) in [6.45, 7) is 4.67. The zero-order valence-corrected chi connectivity index (χ0v) is 63.2. The summed E-state index contributed by atoms with van der Waals surface area (Å²) in [6, 6.07) is 0. The number of carboxylic acids is 1. The van der Waals surface area contributed by atoms with Gasteiger partial charge in [0.1, 0.15) is 13.2 Å². The van der Waals surface area contributed by atoms with E-state index in [9.17, 15) is 19.5 Å². The van der Waals surface area contributed by atoms with E-state index >= 15 is 0 Å². The van der Waals surface area contributed by atoms with Gasteiger partial charge in [0.2, 0.25) is 0 Å². The van der Waals surface area contributed by atoms with Crippen molar-refractivity contribution in [2.75, 3.05) is 47.5 Å². The molecule has 0 saturated carbocycles. The molecule has 96 heavy (non-hydrogen) atoms. The molecule has 9 nitrogen and oxygen atoms in total. The van der Waals surface area contributed by atoms with E-state index in [0.29, 0.717) is 23.9 Å². The molecule has 0 aromatic heterocycles. The van der Waals surface area contributed by atoms with Crippen LogP contribution in [0, 0.1) is 0 Å². The Morgan fingerprint density at radius 2 is 0.594 bits per heavy atom. The molecular formula is C87H151NO8. The molecule has 0 spiro atoms. The Bertz CT molecular complexity index is 2000. The summed E-state index contributed by atoms with van der Waals surface area (Å²) in [4.78, 5) is 37.6. The van der Waals surface area contributed by atoms with Crippen LogP contribution in [0.25, 0.3) is 0 Å². The monoisotopic (exact) mass is 1340 g/mol. The van der Waals surface area contributed by atoms with Gasteiger partial charge in [0.05, 0.1) is 40.3 Å². The molecule has 0 saturated heterocycles. The highest BCUT2D eigenvalue weighted by Gasteiger charge is 2.22. The number of unbranched alkanes of at least 4 members (excludes halogenated alkanes) is 39. The number of allylic oxidation sites excluding steroid dienone is 20. The van der Waals surface area contributed by atoms with Gasteiger partial charge in [-0.05, 0) is 89.9 Å². The summed E-state index contributed by atoms with van der Waals surface area (Å²) in [6.07, 6.45) is 106. The molecule has 9 heteroatoms. The molecule has 0 amide bonds. The quantitative estimate of drug-likeness (QED) is 0.0195. The summed E-state index contributed by atoms with van der Waals surface area (Å²) >= 11 is 0. The van der Waals surface area contributed by atoms with E-state index < -0.39 is 24.3 Å². The Balaban J connectivity index is 4.07. The highest BCUT2D eigenvalue weighted by Crippen LogP contribution is 2.19. The van der Waals surface area contributed by atoms with Crippen LogP contribution in [-0.4, -0.2) is 82.3 Å². The third-order valence-electron chi connectivity index (χ3n) is 17.5. The molecule has 0 aliphatic rings. The molecule has 0 radical (unpaired) electrons. The third-order valence-corrected chi connectivity index (χ3v) is 17.5. The fourth-order valence-electron chi connectivity index (χ4n) is 11.4. The van der Waals surface area contributed by atoms with Gasteiger partial charge in [-0.3, -0.25) is 9.59 Å². The number of esters is 2. The predicted molar refractivity (Wildman–Crippen MR) is 412 cm³/mol. The number of carbonyl (C=O) groups is 3. The van der Waals surface area contributed by atoms with Crippen LogP contribution in [0.1, 0.15) is 354 Å². The standard InChI is InChI=1S/C87H151NO8/c1-6-8-10-12-14-16-18-20-22-24-26-28-30-32-34-36-38-39-40-41-42-43-44-45-46-47-48-50-52-54-56-58-60-62-64-66-68-70-72-74-76-78-85(90)96-83(82-95-87(86(91)92)93-80-79-88(3,4)5)81-94-84(89)77-75-73-71-69-67-65-63-61-59-57-55-53-51-49-37-35-33-31-29-27-25-23-21-19-17-15-13-11-9-7-2/h8,10,14,16,20,22,26,28,32,34,38-39,41-42,44-45,47-48,52,54,83,87H,6-7,9,11-13,15,17-19,21,23-25,27,29-31,33,35-37,40,43,46,49-51,53,55-82H2,1-5H3/b10-8-,16-14-,22-20-,28-26-,34-32-,39-38-,42-41-,45-44-,48-47-,54-52-. The number of aliphatic carboxylic acids is 1. The molecule has 2 unspecified atom stereocenters. The topological polar surface area (TPSA) is 111 Å². The molecule has 0 aliphatic heterocycles. The fourth-order valence-corrected chi connectivity index (χ4v) is 11.4. The van der Waals surface area contributed by atoms with Crippen LogP contribution in [0.5, 0.6) is 0 Å². The maximum atomic E-state index is 13.0. The Morgan fingerprint density at radius 3 is 0.885 bits per heavy atom. The van der Waals surface area contributed by atoms with Gasteiger partial charge in [-0.15, -0.1) is 0 Å². The number of nitrogens with zero attached hydrogens (tertiary/aromatic N) is 1. The molecule has 0 heterocycles. The minimum absolute atomic E-state index is 0.144. The first-order valence-corrected chi connectivity index (χ1v) is 40.2. The van der Waals surface area contributed by atoms with Gasteiger partial charge in [-0.25, -0.2) is 0 Å². The zero-order valence-electron chi connectivity index (χ0n) is 63.2. The molecule has 0 aliphatic carbocycles. The smallest absolute Gasteiger partial charge is 0.306 e. The molecule has 0 aromatic rings. The Labute approximate surface area is 593 Å². The number of ether oxygens (including phenoxy) is 4. The van der Waals surface area contributed by atoms with Crippen molar-refractivity contribution >= 4 is 17.9 Å². The van der Waals surface area contributed by atoms with E-state index in [-0.39, 0.29) is 32.2 Å². The molecule has 0 bridgehead atoms. The van der Waals surface area contributed by atoms with Crippen molar-refractivity contribution in [3.05, 3.63) is 122 Å². The SMILES string of the molecule is CC/C=C\C/C=C\C/C=C\C/C=C\C/C=C\C/C=C\C/C=C\C/C=C\C/C=C\C/C=C\CCCCCCCCCCCCC(=O)OC(COC(=O)CCCCCCCCCCCCCCCCCCCCCCCCCCCCCCCC)COC(OCC[N+](C)(C)C)C(=O)[O-]. The summed E-state index contributed by atoms with van der Waals surface area (Å²) in [5.74, 6) is -2.28.